The Labute approximate surface area is 118 Å². The smallest absolute Gasteiger partial charge is 0.134 e. The molecule has 2 aliphatic rings. The summed E-state index contributed by atoms with van der Waals surface area (Å²) in [6.07, 6.45) is 5.15. The van der Waals surface area contributed by atoms with Gasteiger partial charge in [-0.15, -0.1) is 0 Å². The van der Waals surface area contributed by atoms with Crippen molar-refractivity contribution < 1.29 is 9.47 Å². The summed E-state index contributed by atoms with van der Waals surface area (Å²) >= 11 is 0. The Morgan fingerprint density at radius 2 is 1.80 bits per heavy atom. The van der Waals surface area contributed by atoms with Gasteiger partial charge in [-0.1, -0.05) is 24.3 Å². The highest BCUT2D eigenvalue weighted by molar-refractivity contribution is 5.66. The standard InChI is InChI=1S/C18H16O2/c1-18(2)8-7-13-10-14-9-12-5-3-4-6-15(12)19-16(14)11-17(13)20-18/h3-8,10-11H,9H2,1-2H3. The predicted octanol–water partition coefficient (Wildman–Crippen LogP) is 4.57. The summed E-state index contributed by atoms with van der Waals surface area (Å²) < 4.78 is 12.0. The van der Waals surface area contributed by atoms with E-state index in [-0.39, 0.29) is 5.60 Å². The summed E-state index contributed by atoms with van der Waals surface area (Å²) in [6, 6.07) is 12.4. The fourth-order valence-electron chi connectivity index (χ4n) is 2.76. The number of fused-ring (bicyclic) bond motifs is 3. The van der Waals surface area contributed by atoms with Crippen molar-refractivity contribution in [3.05, 3.63) is 59.2 Å². The van der Waals surface area contributed by atoms with Gasteiger partial charge < -0.3 is 9.47 Å². The zero-order valence-corrected chi connectivity index (χ0v) is 11.6. The molecule has 0 saturated carbocycles. The second-order valence-electron chi connectivity index (χ2n) is 5.92. The van der Waals surface area contributed by atoms with Gasteiger partial charge in [0.25, 0.3) is 0 Å². The van der Waals surface area contributed by atoms with Crippen LogP contribution < -0.4 is 9.47 Å². The van der Waals surface area contributed by atoms with E-state index in [2.05, 4.69) is 44.2 Å². The van der Waals surface area contributed by atoms with Crippen molar-refractivity contribution in [3.63, 3.8) is 0 Å². The number of rotatable bonds is 0. The molecule has 100 valence electrons. The van der Waals surface area contributed by atoms with Gasteiger partial charge in [0.1, 0.15) is 22.8 Å². The second kappa shape index (κ2) is 3.89. The molecule has 2 nitrogen and oxygen atoms in total. The van der Waals surface area contributed by atoms with Gasteiger partial charge >= 0.3 is 0 Å². The Balaban J connectivity index is 1.80. The first-order valence-electron chi connectivity index (χ1n) is 6.92. The van der Waals surface area contributed by atoms with Crippen molar-refractivity contribution in [2.45, 2.75) is 25.9 Å². The Kier molecular flexibility index (Phi) is 2.25. The number of hydrogen-bond acceptors (Lipinski definition) is 2. The van der Waals surface area contributed by atoms with Gasteiger partial charge in [-0.2, -0.15) is 0 Å². The summed E-state index contributed by atoms with van der Waals surface area (Å²) in [5.74, 6) is 2.76. The topological polar surface area (TPSA) is 18.5 Å². The number of para-hydroxylation sites is 1. The molecule has 0 saturated heterocycles. The highest BCUT2D eigenvalue weighted by Gasteiger charge is 2.25. The summed E-state index contributed by atoms with van der Waals surface area (Å²) in [5, 5.41) is 0. The highest BCUT2D eigenvalue weighted by atomic mass is 16.5. The normalized spacial score (nSPS) is 17.3. The molecule has 2 aromatic rings. The molecule has 0 bridgehead atoms. The third kappa shape index (κ3) is 1.80. The van der Waals surface area contributed by atoms with Crippen LogP contribution in [0.15, 0.2) is 42.5 Å². The first-order chi connectivity index (χ1) is 9.61. The maximum atomic E-state index is 6.01. The number of hydrogen-bond donors (Lipinski definition) is 0. The first-order valence-corrected chi connectivity index (χ1v) is 6.92. The average Bonchev–Trinajstić information content (AvgIpc) is 2.42. The van der Waals surface area contributed by atoms with Crippen LogP contribution >= 0.6 is 0 Å². The molecule has 0 aliphatic carbocycles. The summed E-state index contributed by atoms with van der Waals surface area (Å²) in [4.78, 5) is 0. The maximum absolute atomic E-state index is 6.01. The maximum Gasteiger partial charge on any atom is 0.134 e. The molecule has 0 amide bonds. The summed E-state index contributed by atoms with van der Waals surface area (Å²) in [6.45, 7) is 4.12. The monoisotopic (exact) mass is 264 g/mol. The van der Waals surface area contributed by atoms with Crippen LogP contribution in [0.4, 0.5) is 0 Å². The van der Waals surface area contributed by atoms with E-state index in [1.54, 1.807) is 0 Å². The molecule has 20 heavy (non-hydrogen) atoms. The van der Waals surface area contributed by atoms with Crippen LogP contribution in [0.5, 0.6) is 17.2 Å². The van der Waals surface area contributed by atoms with Crippen molar-refractivity contribution in [1.29, 1.82) is 0 Å². The summed E-state index contributed by atoms with van der Waals surface area (Å²) in [5.41, 5.74) is 3.33. The van der Waals surface area contributed by atoms with Crippen LogP contribution in [0.3, 0.4) is 0 Å². The van der Waals surface area contributed by atoms with Gasteiger partial charge in [0.2, 0.25) is 0 Å². The lowest BCUT2D eigenvalue weighted by molar-refractivity contribution is 0.158. The minimum atomic E-state index is -0.256. The van der Waals surface area contributed by atoms with Gasteiger partial charge in [-0.05, 0) is 37.6 Å². The minimum Gasteiger partial charge on any atom is -0.483 e. The van der Waals surface area contributed by atoms with E-state index in [0.29, 0.717) is 0 Å². The number of benzene rings is 2. The van der Waals surface area contributed by atoms with Crippen LogP contribution in [0.25, 0.3) is 6.08 Å². The van der Waals surface area contributed by atoms with Gasteiger partial charge in [-0.25, -0.2) is 0 Å². The van der Waals surface area contributed by atoms with E-state index < -0.39 is 0 Å². The average molecular weight is 264 g/mol. The fourth-order valence-corrected chi connectivity index (χ4v) is 2.76. The molecule has 2 aliphatic heterocycles. The third-order valence-electron chi connectivity index (χ3n) is 3.80. The molecule has 0 aromatic heterocycles. The molecule has 0 N–H and O–H groups in total. The zero-order chi connectivity index (χ0) is 13.7. The molecule has 2 heterocycles. The van der Waals surface area contributed by atoms with Crippen LogP contribution in [0, 0.1) is 0 Å². The van der Waals surface area contributed by atoms with E-state index in [4.69, 9.17) is 9.47 Å². The van der Waals surface area contributed by atoms with Crippen LogP contribution in [-0.4, -0.2) is 5.60 Å². The molecular weight excluding hydrogens is 248 g/mol. The molecular formula is C18H16O2. The Bertz CT molecular complexity index is 726. The van der Waals surface area contributed by atoms with Crippen molar-refractivity contribution in [2.75, 3.05) is 0 Å². The van der Waals surface area contributed by atoms with Crippen LogP contribution in [0.1, 0.15) is 30.5 Å². The van der Waals surface area contributed by atoms with Gasteiger partial charge in [0.05, 0.1) is 0 Å². The molecule has 0 radical (unpaired) electrons. The summed E-state index contributed by atoms with van der Waals surface area (Å²) in [7, 11) is 0. The van der Waals surface area contributed by atoms with Crippen molar-refractivity contribution >= 4 is 6.08 Å². The van der Waals surface area contributed by atoms with Gasteiger partial charge in [0.15, 0.2) is 0 Å². The minimum absolute atomic E-state index is 0.256. The Hall–Kier alpha value is -2.22. The molecule has 0 fully saturated rings. The molecule has 2 heteroatoms. The van der Waals surface area contributed by atoms with Crippen LogP contribution in [0.2, 0.25) is 0 Å². The lowest BCUT2D eigenvalue weighted by Crippen LogP contribution is -2.27. The van der Waals surface area contributed by atoms with Crippen molar-refractivity contribution in [1.82, 2.24) is 0 Å². The second-order valence-corrected chi connectivity index (χ2v) is 5.92. The van der Waals surface area contributed by atoms with Crippen molar-refractivity contribution in [2.24, 2.45) is 0 Å². The fraction of sp³-hybridized carbons (Fsp3) is 0.222. The molecule has 2 aromatic carbocycles. The quantitative estimate of drug-likeness (QED) is 0.592. The van der Waals surface area contributed by atoms with E-state index >= 15 is 0 Å². The predicted molar refractivity (Wildman–Crippen MR) is 79.5 cm³/mol. The molecule has 0 atom stereocenters. The van der Waals surface area contributed by atoms with E-state index in [1.165, 1.54) is 11.1 Å². The molecule has 0 unspecified atom stereocenters. The van der Waals surface area contributed by atoms with Gasteiger partial charge in [-0.3, -0.25) is 0 Å². The van der Waals surface area contributed by atoms with E-state index in [9.17, 15) is 0 Å². The van der Waals surface area contributed by atoms with E-state index in [0.717, 1.165) is 29.2 Å². The third-order valence-corrected chi connectivity index (χ3v) is 3.80. The molecule has 0 spiro atoms. The molecule has 4 rings (SSSR count). The highest BCUT2D eigenvalue weighted by Crippen LogP contribution is 2.42. The zero-order valence-electron chi connectivity index (χ0n) is 11.6. The largest absolute Gasteiger partial charge is 0.483 e. The van der Waals surface area contributed by atoms with Crippen LogP contribution in [-0.2, 0) is 6.42 Å². The lowest BCUT2D eigenvalue weighted by atomic mass is 9.95. The number of ether oxygens (including phenoxy) is 2. The van der Waals surface area contributed by atoms with E-state index in [1.807, 2.05) is 18.2 Å². The lowest BCUT2D eigenvalue weighted by Gasteiger charge is -2.29. The first kappa shape index (κ1) is 11.6. The van der Waals surface area contributed by atoms with Crippen molar-refractivity contribution in [3.8, 4) is 17.2 Å². The SMILES string of the molecule is CC1(C)C=Cc2cc3c(cc2O1)Oc1ccccc1C3. The Morgan fingerprint density at radius 3 is 2.70 bits per heavy atom. The van der Waals surface area contributed by atoms with Gasteiger partial charge in [0, 0.05) is 23.6 Å². The Morgan fingerprint density at radius 1 is 0.950 bits per heavy atom.